The molecule has 32 heavy (non-hydrogen) atoms. The predicted molar refractivity (Wildman–Crippen MR) is 127 cm³/mol. The lowest BCUT2D eigenvalue weighted by atomic mass is 10.0. The lowest BCUT2D eigenvalue weighted by Gasteiger charge is -2.18. The van der Waals surface area contributed by atoms with Crippen LogP contribution in [0.3, 0.4) is 0 Å². The number of ether oxygens (including phenoxy) is 1. The molecule has 0 radical (unpaired) electrons. The molecule has 1 aliphatic heterocycles. The van der Waals surface area contributed by atoms with Crippen LogP contribution in [0.4, 0.5) is 0 Å². The van der Waals surface area contributed by atoms with Crippen molar-refractivity contribution in [1.82, 2.24) is 9.88 Å². The number of hydrogen-bond donors (Lipinski definition) is 1. The Labute approximate surface area is 189 Å². The topological polar surface area (TPSA) is 62.4 Å². The molecule has 5 heteroatoms. The number of rotatable bonds is 7. The van der Waals surface area contributed by atoms with Crippen molar-refractivity contribution in [1.29, 1.82) is 0 Å². The third kappa shape index (κ3) is 4.47. The molecule has 1 aromatic heterocycles. The van der Waals surface area contributed by atoms with E-state index in [4.69, 9.17) is 4.74 Å². The maximum Gasteiger partial charge on any atom is 0.341 e. The average Bonchev–Trinajstić information content (AvgIpc) is 3.07. The van der Waals surface area contributed by atoms with Crippen LogP contribution in [0.2, 0.25) is 0 Å². The molecule has 166 valence electrons. The molecule has 0 bridgehead atoms. The Morgan fingerprint density at radius 2 is 1.81 bits per heavy atom. The van der Waals surface area contributed by atoms with E-state index in [0.29, 0.717) is 24.1 Å². The summed E-state index contributed by atoms with van der Waals surface area (Å²) in [5.74, 6) is -0.535. The van der Waals surface area contributed by atoms with Crippen molar-refractivity contribution >= 4 is 28.4 Å². The molecule has 3 aromatic rings. The summed E-state index contributed by atoms with van der Waals surface area (Å²) in [6.07, 6.45) is 6.90. The van der Waals surface area contributed by atoms with Gasteiger partial charge in [0.05, 0.1) is 17.9 Å². The molecular formula is C27H30N2O3. The van der Waals surface area contributed by atoms with Gasteiger partial charge in [0.1, 0.15) is 0 Å². The van der Waals surface area contributed by atoms with Crippen molar-refractivity contribution in [3.63, 3.8) is 0 Å². The molecular weight excluding hydrogens is 400 g/mol. The normalized spacial score (nSPS) is 13.4. The molecule has 0 saturated heterocycles. The van der Waals surface area contributed by atoms with Gasteiger partial charge >= 0.3 is 5.97 Å². The van der Waals surface area contributed by atoms with Gasteiger partial charge in [-0.1, -0.05) is 50.1 Å². The zero-order valence-electron chi connectivity index (χ0n) is 18.8. The number of fused-ring (bicyclic) bond motifs is 3. The smallest absolute Gasteiger partial charge is 0.341 e. The van der Waals surface area contributed by atoms with E-state index in [1.807, 2.05) is 48.5 Å². The van der Waals surface area contributed by atoms with Gasteiger partial charge in [-0.2, -0.15) is 0 Å². The molecule has 1 aliphatic rings. The van der Waals surface area contributed by atoms with Crippen molar-refractivity contribution in [3.8, 4) is 0 Å². The summed E-state index contributed by atoms with van der Waals surface area (Å²) in [4.78, 5) is 31.1. The van der Waals surface area contributed by atoms with Gasteiger partial charge in [-0.3, -0.25) is 4.79 Å². The quantitative estimate of drug-likeness (QED) is 0.397. The SMILES string of the molecule is CCCCCc1ccc(C(=O)N2C=C(C(=O)OCC)c3[nH]c4ccccc4c3CC2)cc1. The number of nitrogens with zero attached hydrogens (tertiary/aromatic N) is 1. The molecule has 2 heterocycles. The van der Waals surface area contributed by atoms with Crippen LogP contribution in [0, 0.1) is 0 Å². The second-order valence-corrected chi connectivity index (χ2v) is 8.19. The Morgan fingerprint density at radius 1 is 1.03 bits per heavy atom. The highest BCUT2D eigenvalue weighted by Gasteiger charge is 2.27. The van der Waals surface area contributed by atoms with Gasteiger partial charge in [-0.15, -0.1) is 0 Å². The number of para-hydroxylation sites is 1. The van der Waals surface area contributed by atoms with Crippen molar-refractivity contribution in [3.05, 3.63) is 77.1 Å². The van der Waals surface area contributed by atoms with Crippen LogP contribution in [-0.4, -0.2) is 34.9 Å². The van der Waals surface area contributed by atoms with E-state index in [9.17, 15) is 9.59 Å². The zero-order chi connectivity index (χ0) is 22.5. The van der Waals surface area contributed by atoms with Crippen molar-refractivity contribution < 1.29 is 14.3 Å². The van der Waals surface area contributed by atoms with Crippen LogP contribution in [0.5, 0.6) is 0 Å². The van der Waals surface area contributed by atoms with Crippen molar-refractivity contribution in [2.24, 2.45) is 0 Å². The number of nitrogens with one attached hydrogen (secondary N) is 1. The standard InChI is InChI=1S/C27H30N2O3/c1-3-5-6-9-19-12-14-20(15-13-19)26(30)29-17-16-22-21-10-7-8-11-24(21)28-25(22)23(18-29)27(31)32-4-2/h7-8,10-15,18,28H,3-6,9,16-17H2,1-2H3. The molecule has 4 rings (SSSR count). The predicted octanol–water partition coefficient (Wildman–Crippen LogP) is 5.50. The third-order valence-electron chi connectivity index (χ3n) is 6.00. The van der Waals surface area contributed by atoms with Gasteiger partial charge in [0.2, 0.25) is 0 Å². The first-order chi connectivity index (χ1) is 15.6. The molecule has 1 amide bonds. The Bertz CT molecular complexity index is 1140. The first kappa shape index (κ1) is 21.9. The lowest BCUT2D eigenvalue weighted by Crippen LogP contribution is -2.28. The van der Waals surface area contributed by atoms with Gasteiger partial charge in [-0.25, -0.2) is 4.79 Å². The van der Waals surface area contributed by atoms with E-state index >= 15 is 0 Å². The van der Waals surface area contributed by atoms with Gasteiger partial charge in [0.25, 0.3) is 5.91 Å². The maximum absolute atomic E-state index is 13.3. The summed E-state index contributed by atoms with van der Waals surface area (Å²) in [5.41, 5.74) is 5.02. The maximum atomic E-state index is 13.3. The number of unbranched alkanes of at least 4 members (excludes halogenated alkanes) is 2. The highest BCUT2D eigenvalue weighted by Crippen LogP contribution is 2.31. The molecule has 0 atom stereocenters. The molecule has 5 nitrogen and oxygen atoms in total. The largest absolute Gasteiger partial charge is 0.462 e. The highest BCUT2D eigenvalue weighted by atomic mass is 16.5. The van der Waals surface area contributed by atoms with E-state index in [1.165, 1.54) is 18.4 Å². The first-order valence-electron chi connectivity index (χ1n) is 11.5. The number of aryl methyl sites for hydroxylation is 1. The van der Waals surface area contributed by atoms with E-state index in [1.54, 1.807) is 18.0 Å². The Kier molecular flexibility index (Phi) is 6.74. The van der Waals surface area contributed by atoms with E-state index in [-0.39, 0.29) is 12.5 Å². The Balaban J connectivity index is 1.63. The number of esters is 1. The van der Waals surface area contributed by atoms with E-state index < -0.39 is 5.97 Å². The van der Waals surface area contributed by atoms with Crippen molar-refractivity contribution in [2.75, 3.05) is 13.2 Å². The van der Waals surface area contributed by atoms with Gasteiger partial charge in [-0.05, 0) is 55.5 Å². The summed E-state index contributed by atoms with van der Waals surface area (Å²) in [7, 11) is 0. The summed E-state index contributed by atoms with van der Waals surface area (Å²) < 4.78 is 5.32. The molecule has 0 saturated carbocycles. The second kappa shape index (κ2) is 9.86. The highest BCUT2D eigenvalue weighted by molar-refractivity contribution is 6.18. The molecule has 0 spiro atoms. The summed E-state index contributed by atoms with van der Waals surface area (Å²) >= 11 is 0. The fourth-order valence-corrected chi connectivity index (χ4v) is 4.29. The number of benzene rings is 2. The van der Waals surface area contributed by atoms with Crippen LogP contribution in [0.1, 0.15) is 60.3 Å². The van der Waals surface area contributed by atoms with Crippen LogP contribution in [-0.2, 0) is 22.4 Å². The summed E-state index contributed by atoms with van der Waals surface area (Å²) in [6, 6.07) is 15.8. The lowest BCUT2D eigenvalue weighted by molar-refractivity contribution is -0.136. The summed E-state index contributed by atoms with van der Waals surface area (Å²) in [6.45, 7) is 4.75. The van der Waals surface area contributed by atoms with Gasteiger partial charge in [0, 0.05) is 29.2 Å². The van der Waals surface area contributed by atoms with Crippen LogP contribution >= 0.6 is 0 Å². The van der Waals surface area contributed by atoms with Gasteiger partial charge < -0.3 is 14.6 Å². The van der Waals surface area contributed by atoms with Crippen LogP contribution in [0.15, 0.2) is 54.7 Å². The molecule has 1 N–H and O–H groups in total. The number of aromatic amines is 1. The molecule has 0 fully saturated rings. The Morgan fingerprint density at radius 3 is 2.56 bits per heavy atom. The van der Waals surface area contributed by atoms with E-state index in [2.05, 4.69) is 11.9 Å². The van der Waals surface area contributed by atoms with Crippen LogP contribution in [0.25, 0.3) is 16.5 Å². The average molecular weight is 431 g/mol. The Hall–Kier alpha value is -3.34. The fraction of sp³-hybridized carbons (Fsp3) is 0.333. The number of H-pyrrole nitrogens is 1. The number of carbonyl (C=O) groups excluding carboxylic acids is 2. The second-order valence-electron chi connectivity index (χ2n) is 8.19. The number of carbonyl (C=O) groups is 2. The summed E-state index contributed by atoms with van der Waals surface area (Å²) in [5, 5.41) is 1.07. The minimum atomic E-state index is -0.425. The van der Waals surface area contributed by atoms with Gasteiger partial charge in [0.15, 0.2) is 0 Å². The van der Waals surface area contributed by atoms with Crippen molar-refractivity contribution in [2.45, 2.75) is 46.0 Å². The monoisotopic (exact) mass is 430 g/mol. The fourth-order valence-electron chi connectivity index (χ4n) is 4.29. The van der Waals surface area contributed by atoms with Crippen LogP contribution < -0.4 is 0 Å². The molecule has 2 aromatic carbocycles. The number of aromatic nitrogens is 1. The molecule has 0 aliphatic carbocycles. The zero-order valence-corrected chi connectivity index (χ0v) is 18.8. The third-order valence-corrected chi connectivity index (χ3v) is 6.00. The molecule has 0 unspecified atom stereocenters. The number of hydrogen-bond acceptors (Lipinski definition) is 3. The minimum Gasteiger partial charge on any atom is -0.462 e. The first-order valence-corrected chi connectivity index (χ1v) is 11.5. The number of amides is 1. The minimum absolute atomic E-state index is 0.110. The van der Waals surface area contributed by atoms with E-state index in [0.717, 1.165) is 35.0 Å².